The van der Waals surface area contributed by atoms with E-state index in [0.717, 1.165) is 22.8 Å². The molecule has 0 bridgehead atoms. The number of ether oxygens (including phenoxy) is 1. The number of ketones is 1. The molecule has 8 nitrogen and oxygen atoms in total. The van der Waals surface area contributed by atoms with E-state index in [0.29, 0.717) is 24.3 Å². The van der Waals surface area contributed by atoms with Crippen molar-refractivity contribution in [3.63, 3.8) is 0 Å². The molecule has 1 aliphatic carbocycles. The summed E-state index contributed by atoms with van der Waals surface area (Å²) in [6.45, 7) is 3.90. The second kappa shape index (κ2) is 14.4. The molecule has 2 amide bonds. The van der Waals surface area contributed by atoms with E-state index in [1.807, 2.05) is 18.2 Å². The van der Waals surface area contributed by atoms with Crippen LogP contribution in [0.1, 0.15) is 52.4 Å². The third kappa shape index (κ3) is 7.78. The number of carbonyl (C=O) groups excluding carboxylic acids is 3. The molecular weight excluding hydrogens is 551 g/mol. The SMILES string of the molecule is CCCCCCN(C(=O)C(=O)CC)C1CC(C(=O)NCCO)=CC(Oc2ccccc2I)C1O. The molecule has 0 saturated heterocycles. The van der Waals surface area contributed by atoms with Crippen LogP contribution in [0.15, 0.2) is 35.9 Å². The van der Waals surface area contributed by atoms with Gasteiger partial charge in [0.15, 0.2) is 0 Å². The number of carbonyl (C=O) groups is 3. The zero-order chi connectivity index (χ0) is 25.1. The molecule has 1 aromatic carbocycles. The minimum atomic E-state index is -1.13. The first-order valence-corrected chi connectivity index (χ1v) is 12.9. The summed E-state index contributed by atoms with van der Waals surface area (Å²) in [5.74, 6) is -1.03. The van der Waals surface area contributed by atoms with E-state index in [2.05, 4.69) is 34.8 Å². The molecular formula is C25H35IN2O6. The van der Waals surface area contributed by atoms with Gasteiger partial charge in [0.2, 0.25) is 11.7 Å². The lowest BCUT2D eigenvalue weighted by Crippen LogP contribution is -2.56. The smallest absolute Gasteiger partial charge is 0.290 e. The molecule has 9 heteroatoms. The van der Waals surface area contributed by atoms with Gasteiger partial charge in [-0.1, -0.05) is 45.2 Å². The van der Waals surface area contributed by atoms with E-state index < -0.39 is 35.8 Å². The third-order valence-electron chi connectivity index (χ3n) is 5.79. The zero-order valence-corrected chi connectivity index (χ0v) is 22.0. The molecule has 0 spiro atoms. The number of unbranched alkanes of at least 4 members (excludes halogenated alkanes) is 3. The van der Waals surface area contributed by atoms with Gasteiger partial charge in [0.1, 0.15) is 18.0 Å². The van der Waals surface area contributed by atoms with Crippen LogP contribution in [0.3, 0.4) is 0 Å². The van der Waals surface area contributed by atoms with Gasteiger partial charge in [-0.3, -0.25) is 14.4 Å². The lowest BCUT2D eigenvalue weighted by atomic mass is 9.87. The Bertz CT molecular complexity index is 875. The summed E-state index contributed by atoms with van der Waals surface area (Å²) in [5.41, 5.74) is 0.343. The van der Waals surface area contributed by atoms with Crippen LogP contribution in [-0.4, -0.2) is 70.7 Å². The summed E-state index contributed by atoms with van der Waals surface area (Å²) in [6, 6.07) is 6.52. The highest BCUT2D eigenvalue weighted by atomic mass is 127. The van der Waals surface area contributed by atoms with E-state index in [9.17, 15) is 19.5 Å². The number of nitrogens with zero attached hydrogens (tertiary/aromatic N) is 1. The summed E-state index contributed by atoms with van der Waals surface area (Å²) in [7, 11) is 0. The number of nitrogens with one attached hydrogen (secondary N) is 1. The van der Waals surface area contributed by atoms with Crippen molar-refractivity contribution in [3.8, 4) is 5.75 Å². The third-order valence-corrected chi connectivity index (χ3v) is 6.68. The van der Waals surface area contributed by atoms with Gasteiger partial charge in [-0.25, -0.2) is 0 Å². The first-order chi connectivity index (χ1) is 16.3. The molecule has 3 N–H and O–H groups in total. The molecule has 0 fully saturated rings. The molecule has 188 valence electrons. The molecule has 0 aliphatic heterocycles. The van der Waals surface area contributed by atoms with E-state index >= 15 is 0 Å². The fourth-order valence-electron chi connectivity index (χ4n) is 3.90. The number of hydrogen-bond donors (Lipinski definition) is 3. The number of para-hydroxylation sites is 1. The Morgan fingerprint density at radius 3 is 2.56 bits per heavy atom. The van der Waals surface area contributed by atoms with Gasteiger partial charge in [0.25, 0.3) is 5.91 Å². The Balaban J connectivity index is 2.38. The highest BCUT2D eigenvalue weighted by molar-refractivity contribution is 14.1. The van der Waals surface area contributed by atoms with E-state index in [-0.39, 0.29) is 26.0 Å². The Morgan fingerprint density at radius 2 is 1.91 bits per heavy atom. The number of rotatable bonds is 13. The van der Waals surface area contributed by atoms with Crippen LogP contribution in [0, 0.1) is 3.57 Å². The van der Waals surface area contributed by atoms with Crippen molar-refractivity contribution < 1.29 is 29.3 Å². The minimum Gasteiger partial charge on any atom is -0.482 e. The van der Waals surface area contributed by atoms with Crippen LogP contribution in [0.25, 0.3) is 0 Å². The quantitative estimate of drug-likeness (QED) is 0.186. The first-order valence-electron chi connectivity index (χ1n) is 11.9. The fraction of sp³-hybridized carbons (Fsp3) is 0.560. The number of amides is 2. The van der Waals surface area contributed by atoms with Crippen LogP contribution < -0.4 is 10.1 Å². The second-order valence-corrected chi connectivity index (χ2v) is 9.44. The average Bonchev–Trinajstić information content (AvgIpc) is 2.84. The fourth-order valence-corrected chi connectivity index (χ4v) is 4.42. The standard InChI is InChI=1S/C25H35IN2O6/c1-3-5-6-9-13-28(25(33)20(30)4-2)19-15-17(24(32)27-12-14-29)16-22(23(19)31)34-21-11-8-7-10-18(21)26/h7-8,10-11,16,19,22-23,29,31H,3-6,9,12-15H2,1-2H3,(H,27,32). The normalized spacial score (nSPS) is 19.8. The number of halogens is 1. The van der Waals surface area contributed by atoms with Crippen molar-refractivity contribution >= 4 is 40.2 Å². The highest BCUT2D eigenvalue weighted by Gasteiger charge is 2.41. The largest absolute Gasteiger partial charge is 0.482 e. The summed E-state index contributed by atoms with van der Waals surface area (Å²) in [4.78, 5) is 39.5. The van der Waals surface area contributed by atoms with Crippen molar-refractivity contribution in [3.05, 3.63) is 39.5 Å². The maximum absolute atomic E-state index is 13.0. The molecule has 3 atom stereocenters. The van der Waals surface area contributed by atoms with Crippen molar-refractivity contribution in [2.45, 2.75) is 70.6 Å². The molecule has 0 saturated carbocycles. The summed E-state index contributed by atoms with van der Waals surface area (Å²) in [6.07, 6.45) is 3.30. The summed E-state index contributed by atoms with van der Waals surface area (Å²) >= 11 is 2.13. The molecule has 34 heavy (non-hydrogen) atoms. The van der Waals surface area contributed by atoms with E-state index in [4.69, 9.17) is 9.84 Å². The topological polar surface area (TPSA) is 116 Å². The van der Waals surface area contributed by atoms with Crippen LogP contribution in [0.5, 0.6) is 5.75 Å². The number of aliphatic hydroxyl groups excluding tert-OH is 2. The highest BCUT2D eigenvalue weighted by Crippen LogP contribution is 2.30. The van der Waals surface area contributed by atoms with Crippen molar-refractivity contribution in [1.82, 2.24) is 10.2 Å². The molecule has 1 aliphatic rings. The zero-order valence-electron chi connectivity index (χ0n) is 19.8. The molecule has 0 aromatic heterocycles. The number of hydrogen-bond acceptors (Lipinski definition) is 6. The van der Waals surface area contributed by atoms with Crippen molar-refractivity contribution in [2.24, 2.45) is 0 Å². The molecule has 2 rings (SSSR count). The average molecular weight is 586 g/mol. The number of benzene rings is 1. The molecule has 0 radical (unpaired) electrons. The van der Waals surface area contributed by atoms with Gasteiger partial charge >= 0.3 is 0 Å². The Kier molecular flexibility index (Phi) is 12.0. The molecule has 1 aromatic rings. The lowest BCUT2D eigenvalue weighted by Gasteiger charge is -2.40. The maximum atomic E-state index is 13.0. The second-order valence-electron chi connectivity index (χ2n) is 8.28. The number of Topliss-reactive ketones (excluding diaryl/α,β-unsaturated/α-hetero) is 1. The Labute approximate surface area is 214 Å². The molecule has 0 heterocycles. The van der Waals surface area contributed by atoms with Gasteiger partial charge < -0.3 is 25.2 Å². The van der Waals surface area contributed by atoms with Crippen molar-refractivity contribution in [2.75, 3.05) is 19.7 Å². The predicted octanol–water partition coefficient (Wildman–Crippen LogP) is 2.59. The minimum absolute atomic E-state index is 0.0644. The molecule has 3 unspecified atom stereocenters. The summed E-state index contributed by atoms with van der Waals surface area (Å²) in [5, 5.41) is 23.0. The van der Waals surface area contributed by atoms with Gasteiger partial charge in [0, 0.05) is 31.5 Å². The van der Waals surface area contributed by atoms with E-state index in [1.165, 1.54) is 4.90 Å². The van der Waals surface area contributed by atoms with Crippen LogP contribution in [0.2, 0.25) is 0 Å². The first kappa shape index (κ1) is 28.3. The van der Waals surface area contributed by atoms with Gasteiger partial charge in [-0.15, -0.1) is 0 Å². The summed E-state index contributed by atoms with van der Waals surface area (Å²) < 4.78 is 6.92. The maximum Gasteiger partial charge on any atom is 0.290 e. The lowest BCUT2D eigenvalue weighted by molar-refractivity contribution is -0.149. The van der Waals surface area contributed by atoms with Crippen LogP contribution >= 0.6 is 22.6 Å². The Morgan fingerprint density at radius 1 is 1.18 bits per heavy atom. The van der Waals surface area contributed by atoms with Crippen molar-refractivity contribution in [1.29, 1.82) is 0 Å². The Hall–Kier alpha value is -1.98. The predicted molar refractivity (Wildman–Crippen MR) is 137 cm³/mol. The van der Waals surface area contributed by atoms with Gasteiger partial charge in [-0.2, -0.15) is 0 Å². The van der Waals surface area contributed by atoms with Gasteiger partial charge in [0.05, 0.1) is 16.2 Å². The van der Waals surface area contributed by atoms with E-state index in [1.54, 1.807) is 19.1 Å². The monoisotopic (exact) mass is 586 g/mol. The number of aliphatic hydroxyl groups is 2. The van der Waals surface area contributed by atoms with Gasteiger partial charge in [-0.05, 0) is 47.2 Å². The van der Waals surface area contributed by atoms with Crippen LogP contribution in [-0.2, 0) is 14.4 Å². The van der Waals surface area contributed by atoms with Crippen LogP contribution in [0.4, 0.5) is 0 Å².